The summed E-state index contributed by atoms with van der Waals surface area (Å²) in [5.41, 5.74) is 19.9. The summed E-state index contributed by atoms with van der Waals surface area (Å²) in [6, 6.07) is 91.6. The van der Waals surface area contributed by atoms with Crippen LogP contribution in [0.25, 0.3) is 148 Å². The molecule has 2 aliphatic rings. The summed E-state index contributed by atoms with van der Waals surface area (Å²) in [7, 11) is 0. The van der Waals surface area contributed by atoms with Crippen LogP contribution in [0.15, 0.2) is 243 Å². The van der Waals surface area contributed by atoms with Crippen LogP contribution < -0.4 is 16.4 Å². The SMILES string of the molecule is c1ccc(-c2ccc3c(c2)c2cc(-c4ccccc4)ccc2n3-c2ccc3c4c2-n2c5ccc6ccccc6c5c5c6ccccc6cc(c52)B4c2cc4ccccc4c4c5c6ccccc6ccc5n-3c24)cc1. The molecule has 0 unspecified atom stereocenters. The molecule has 0 saturated carbocycles. The number of hydrogen-bond acceptors (Lipinski definition) is 0. The summed E-state index contributed by atoms with van der Waals surface area (Å²) >= 11 is 0. The van der Waals surface area contributed by atoms with Crippen molar-refractivity contribution >= 4 is 132 Å². The summed E-state index contributed by atoms with van der Waals surface area (Å²) in [6.45, 7) is -0.0761. The molecule has 0 bridgehead atoms. The van der Waals surface area contributed by atoms with Crippen molar-refractivity contribution in [1.82, 2.24) is 13.7 Å². The van der Waals surface area contributed by atoms with Gasteiger partial charge in [0.25, 0.3) is 6.71 Å². The van der Waals surface area contributed by atoms with Crippen LogP contribution in [0, 0.1) is 0 Å². The van der Waals surface area contributed by atoms with E-state index >= 15 is 0 Å². The van der Waals surface area contributed by atoms with E-state index in [1.165, 1.54) is 164 Å². The molecule has 338 valence electrons. The Morgan fingerprint density at radius 3 is 1.20 bits per heavy atom. The summed E-state index contributed by atoms with van der Waals surface area (Å²) in [5, 5.41) is 17.9. The lowest BCUT2D eigenvalue weighted by molar-refractivity contribution is 1.08. The Hall–Kier alpha value is -9.64. The fourth-order valence-corrected chi connectivity index (χ4v) is 14.1. The Balaban J connectivity index is 1.07. The molecule has 0 aliphatic carbocycles. The number of rotatable bonds is 3. The molecule has 16 aromatic rings. The number of aromatic nitrogens is 3. The van der Waals surface area contributed by atoms with Gasteiger partial charge in [-0.15, -0.1) is 0 Å². The van der Waals surface area contributed by atoms with Crippen molar-refractivity contribution in [1.29, 1.82) is 0 Å². The van der Waals surface area contributed by atoms with Crippen LogP contribution in [-0.4, -0.2) is 20.4 Å². The number of nitrogens with zero attached hydrogens (tertiary/aromatic N) is 3. The average Bonchev–Trinajstić information content (AvgIpc) is 4.13. The molecule has 0 N–H and O–H groups in total. The zero-order valence-electron chi connectivity index (χ0n) is 40.0. The van der Waals surface area contributed by atoms with Crippen LogP contribution in [0.4, 0.5) is 0 Å². The maximum absolute atomic E-state index is 2.70. The molecule has 0 atom stereocenters. The highest BCUT2D eigenvalue weighted by molar-refractivity contribution is 7.01. The van der Waals surface area contributed by atoms with E-state index in [4.69, 9.17) is 0 Å². The quantitative estimate of drug-likeness (QED) is 0.157. The Labute approximate surface area is 425 Å². The van der Waals surface area contributed by atoms with E-state index in [1.807, 2.05) is 0 Å². The topological polar surface area (TPSA) is 14.8 Å². The maximum atomic E-state index is 2.70. The zero-order chi connectivity index (χ0) is 47.9. The summed E-state index contributed by atoms with van der Waals surface area (Å²) in [5.74, 6) is 0. The fourth-order valence-electron chi connectivity index (χ4n) is 14.1. The highest BCUT2D eigenvalue weighted by Crippen LogP contribution is 2.48. The lowest BCUT2D eigenvalue weighted by Crippen LogP contribution is -2.59. The predicted octanol–water partition coefficient (Wildman–Crippen LogP) is 16.1. The summed E-state index contributed by atoms with van der Waals surface area (Å²) in [4.78, 5) is 0. The zero-order valence-corrected chi connectivity index (χ0v) is 40.0. The van der Waals surface area contributed by atoms with E-state index in [0.717, 1.165) is 0 Å². The van der Waals surface area contributed by atoms with E-state index in [1.54, 1.807) is 0 Å². The van der Waals surface area contributed by atoms with Crippen molar-refractivity contribution in [2.45, 2.75) is 0 Å². The van der Waals surface area contributed by atoms with Gasteiger partial charge in [0.15, 0.2) is 0 Å². The molecule has 0 spiro atoms. The third-order valence-electron chi connectivity index (χ3n) is 17.1. The second-order valence-corrected chi connectivity index (χ2v) is 20.7. The Kier molecular flexibility index (Phi) is 7.42. The standard InChI is InChI=1S/C70H40BN3/c1-3-15-41(16-4-1)45-29-31-57-53(37-45)54-38-46(42-17-5-2-6-18-42)30-32-58(54)72(57)62-36-35-61-67-70(62)74-60-34-28-44-20-8-12-24-50(44)64(60)66-52-26-14-10-22-48(52)40-56(69(66)74)71(67)55-39-47-21-9-13-25-51(47)65-63-49-23-11-7-19-43(49)27-33-59(63)73(61)68(55)65/h1-40H. The molecule has 4 heteroatoms. The van der Waals surface area contributed by atoms with E-state index in [9.17, 15) is 0 Å². The largest absolute Gasteiger partial charge is 0.310 e. The van der Waals surface area contributed by atoms with Gasteiger partial charge in [0.1, 0.15) is 0 Å². The lowest BCUT2D eigenvalue weighted by Gasteiger charge is -2.35. The van der Waals surface area contributed by atoms with Gasteiger partial charge >= 0.3 is 0 Å². The van der Waals surface area contributed by atoms with Crippen LogP contribution >= 0.6 is 0 Å². The predicted molar refractivity (Wildman–Crippen MR) is 315 cm³/mol. The van der Waals surface area contributed by atoms with Crippen molar-refractivity contribution in [3.05, 3.63) is 243 Å². The maximum Gasteiger partial charge on any atom is 0.252 e. The average molecular weight is 934 g/mol. The van der Waals surface area contributed by atoms with E-state index < -0.39 is 0 Å². The van der Waals surface area contributed by atoms with Gasteiger partial charge in [-0.1, -0.05) is 194 Å². The summed E-state index contributed by atoms with van der Waals surface area (Å²) in [6.07, 6.45) is 0. The van der Waals surface area contributed by atoms with Crippen LogP contribution in [-0.2, 0) is 0 Å². The first kappa shape index (κ1) is 39.0. The van der Waals surface area contributed by atoms with Crippen LogP contribution in [0.2, 0.25) is 0 Å². The molecule has 13 aromatic carbocycles. The highest BCUT2D eigenvalue weighted by atomic mass is 15.1. The van der Waals surface area contributed by atoms with Gasteiger partial charge in [-0.05, 0) is 130 Å². The molecule has 3 aromatic heterocycles. The van der Waals surface area contributed by atoms with Crippen LogP contribution in [0.3, 0.4) is 0 Å². The number of fused-ring (bicyclic) bond motifs is 21. The van der Waals surface area contributed by atoms with Crippen molar-refractivity contribution < 1.29 is 0 Å². The molecule has 5 heterocycles. The third kappa shape index (κ3) is 4.88. The summed E-state index contributed by atoms with van der Waals surface area (Å²) < 4.78 is 7.94. The molecular weight excluding hydrogens is 894 g/mol. The Morgan fingerprint density at radius 2 is 0.676 bits per heavy atom. The second kappa shape index (κ2) is 14.1. The minimum atomic E-state index is -0.0761. The van der Waals surface area contributed by atoms with Crippen molar-refractivity contribution in [2.24, 2.45) is 0 Å². The van der Waals surface area contributed by atoms with Gasteiger partial charge in [-0.25, -0.2) is 0 Å². The smallest absolute Gasteiger partial charge is 0.252 e. The molecule has 18 rings (SSSR count). The fraction of sp³-hybridized carbons (Fsp3) is 0. The molecule has 3 nitrogen and oxygen atoms in total. The minimum absolute atomic E-state index is 0.0761. The third-order valence-corrected chi connectivity index (χ3v) is 17.1. The van der Waals surface area contributed by atoms with Crippen LogP contribution in [0.5, 0.6) is 0 Å². The van der Waals surface area contributed by atoms with Gasteiger partial charge in [0, 0.05) is 38.0 Å². The first-order chi connectivity index (χ1) is 36.7. The van der Waals surface area contributed by atoms with E-state index in [-0.39, 0.29) is 6.71 Å². The van der Waals surface area contributed by atoms with Gasteiger partial charge in [0.05, 0.1) is 44.5 Å². The highest BCUT2D eigenvalue weighted by Gasteiger charge is 2.43. The second-order valence-electron chi connectivity index (χ2n) is 20.7. The Morgan fingerprint density at radius 1 is 0.257 bits per heavy atom. The van der Waals surface area contributed by atoms with Crippen molar-refractivity contribution in [2.75, 3.05) is 0 Å². The molecule has 0 saturated heterocycles. The van der Waals surface area contributed by atoms with Crippen molar-refractivity contribution in [3.8, 4) is 39.3 Å². The molecule has 0 amide bonds. The minimum Gasteiger partial charge on any atom is -0.310 e. The van der Waals surface area contributed by atoms with Gasteiger partial charge in [0.2, 0.25) is 0 Å². The van der Waals surface area contributed by atoms with Crippen LogP contribution in [0.1, 0.15) is 0 Å². The van der Waals surface area contributed by atoms with E-state index in [0.29, 0.717) is 0 Å². The van der Waals surface area contributed by atoms with Gasteiger partial charge in [-0.3, -0.25) is 0 Å². The normalized spacial score (nSPS) is 12.8. The van der Waals surface area contributed by atoms with E-state index in [2.05, 4.69) is 256 Å². The molecule has 0 radical (unpaired) electrons. The molecular formula is C70H40BN3. The number of hydrogen-bond donors (Lipinski definition) is 0. The first-order valence-electron chi connectivity index (χ1n) is 25.9. The molecule has 2 aliphatic heterocycles. The lowest BCUT2D eigenvalue weighted by atomic mass is 9.34. The monoisotopic (exact) mass is 933 g/mol. The molecule has 74 heavy (non-hydrogen) atoms. The van der Waals surface area contributed by atoms with Crippen molar-refractivity contribution in [3.63, 3.8) is 0 Å². The Bertz CT molecular complexity index is 5090. The van der Waals surface area contributed by atoms with Gasteiger partial charge in [-0.2, -0.15) is 0 Å². The first-order valence-corrected chi connectivity index (χ1v) is 25.9. The van der Waals surface area contributed by atoms with Gasteiger partial charge < -0.3 is 13.7 Å². The number of benzene rings is 13. The molecule has 0 fully saturated rings.